The van der Waals surface area contributed by atoms with Gasteiger partial charge in [0.05, 0.1) is 17.3 Å². The van der Waals surface area contributed by atoms with Crippen LogP contribution in [0.5, 0.6) is 0 Å². The molecule has 172 valence electrons. The molecule has 9 heteroatoms. The van der Waals surface area contributed by atoms with Crippen LogP contribution in [0, 0.1) is 12.7 Å². The predicted molar refractivity (Wildman–Crippen MR) is 130 cm³/mol. The number of amides is 1. The van der Waals surface area contributed by atoms with Crippen molar-refractivity contribution in [3.63, 3.8) is 0 Å². The highest BCUT2D eigenvalue weighted by atomic mass is 32.2. The molecule has 33 heavy (non-hydrogen) atoms. The number of carbonyl (C=O) groups excluding carboxylic acids is 1. The summed E-state index contributed by atoms with van der Waals surface area (Å²) >= 11 is 1.26. The van der Waals surface area contributed by atoms with E-state index in [1.54, 1.807) is 12.1 Å². The fourth-order valence-corrected chi connectivity index (χ4v) is 4.35. The molecule has 0 aliphatic carbocycles. The molecule has 0 spiro atoms. The highest BCUT2D eigenvalue weighted by Crippen LogP contribution is 2.30. The molecule has 2 aromatic heterocycles. The Morgan fingerprint density at radius 2 is 2.00 bits per heavy atom. The molecule has 2 aromatic carbocycles. The van der Waals surface area contributed by atoms with Crippen molar-refractivity contribution in [1.29, 1.82) is 0 Å². The fourth-order valence-electron chi connectivity index (χ4n) is 3.62. The highest BCUT2D eigenvalue weighted by molar-refractivity contribution is 8.00. The molecule has 1 amide bonds. The number of benzene rings is 2. The molecule has 7 nitrogen and oxygen atoms in total. The molecule has 0 aliphatic heterocycles. The molecule has 0 radical (unpaired) electrons. The molecule has 0 saturated carbocycles. The van der Waals surface area contributed by atoms with E-state index in [2.05, 4.69) is 15.5 Å². The third-order valence-corrected chi connectivity index (χ3v) is 6.35. The van der Waals surface area contributed by atoms with E-state index in [1.807, 2.05) is 61.7 Å². The molecule has 1 unspecified atom stereocenters. The molecule has 0 bridgehead atoms. The number of nitrogens with zero attached hydrogens (tertiary/aromatic N) is 5. The number of likely N-dealkylation sites (N-methyl/N-ethyl adjacent to an activating group) is 1. The van der Waals surface area contributed by atoms with Gasteiger partial charge in [-0.1, -0.05) is 41.6 Å². The first-order valence-electron chi connectivity index (χ1n) is 10.8. The minimum absolute atomic E-state index is 0.0759. The van der Waals surface area contributed by atoms with Gasteiger partial charge in [0.25, 0.3) is 0 Å². The summed E-state index contributed by atoms with van der Waals surface area (Å²) in [5.74, 6) is -0.340. The largest absolute Gasteiger partial charge is 0.354 e. The van der Waals surface area contributed by atoms with Crippen LogP contribution in [0.4, 0.5) is 4.39 Å². The minimum Gasteiger partial charge on any atom is -0.354 e. The second-order valence-corrected chi connectivity index (χ2v) is 9.63. The van der Waals surface area contributed by atoms with Crippen molar-refractivity contribution in [2.75, 3.05) is 27.2 Å². The molecular weight excluding hydrogens is 439 g/mol. The number of rotatable bonds is 8. The molecule has 4 aromatic rings. The monoisotopic (exact) mass is 466 g/mol. The molecule has 1 atom stereocenters. The lowest BCUT2D eigenvalue weighted by atomic mass is 10.1. The number of aryl methyl sites for hydroxylation is 1. The van der Waals surface area contributed by atoms with E-state index in [0.717, 1.165) is 23.0 Å². The smallest absolute Gasteiger partial charge is 0.233 e. The number of hydrogen-bond donors (Lipinski definition) is 1. The van der Waals surface area contributed by atoms with Crippen molar-refractivity contribution in [1.82, 2.24) is 30.0 Å². The maximum Gasteiger partial charge on any atom is 0.233 e. The number of halogens is 1. The first-order chi connectivity index (χ1) is 15.8. The van der Waals surface area contributed by atoms with E-state index in [1.165, 1.54) is 17.8 Å². The fraction of sp³-hybridized carbons (Fsp3) is 0.333. The Kier molecular flexibility index (Phi) is 6.90. The van der Waals surface area contributed by atoms with Crippen LogP contribution >= 0.6 is 11.8 Å². The van der Waals surface area contributed by atoms with E-state index in [9.17, 15) is 9.18 Å². The van der Waals surface area contributed by atoms with E-state index in [4.69, 9.17) is 4.98 Å². The van der Waals surface area contributed by atoms with Gasteiger partial charge >= 0.3 is 0 Å². The van der Waals surface area contributed by atoms with Crippen molar-refractivity contribution in [3.05, 3.63) is 59.4 Å². The zero-order valence-electron chi connectivity index (χ0n) is 19.2. The lowest BCUT2D eigenvalue weighted by molar-refractivity contribution is -0.120. The molecule has 0 saturated heterocycles. The molecular formula is C24H27FN6OS. The van der Waals surface area contributed by atoms with Gasteiger partial charge in [0.2, 0.25) is 11.1 Å². The summed E-state index contributed by atoms with van der Waals surface area (Å²) < 4.78 is 16.4. The van der Waals surface area contributed by atoms with E-state index in [-0.39, 0.29) is 17.0 Å². The summed E-state index contributed by atoms with van der Waals surface area (Å²) in [6, 6.07) is 12.8. The Balaban J connectivity index is 1.68. The third kappa shape index (κ3) is 5.15. The zero-order chi connectivity index (χ0) is 23.5. The van der Waals surface area contributed by atoms with E-state index < -0.39 is 0 Å². The van der Waals surface area contributed by atoms with Gasteiger partial charge in [-0.3, -0.25) is 4.79 Å². The van der Waals surface area contributed by atoms with Crippen molar-refractivity contribution in [2.24, 2.45) is 0 Å². The van der Waals surface area contributed by atoms with Crippen LogP contribution in [0.1, 0.15) is 18.1 Å². The standard InChI is InChI=1S/C24H27FN6OS/c1-15-9-10-20-18(13-15)21-22(31(20)14-17-7-5-6-8-19(17)25)27-24(29-28-21)33-16(2)23(32)26-11-12-30(3)4/h5-10,13,16H,11-12,14H2,1-4H3,(H,26,32). The molecule has 2 heterocycles. The Morgan fingerprint density at radius 1 is 1.21 bits per heavy atom. The normalized spacial score (nSPS) is 12.5. The van der Waals surface area contributed by atoms with Gasteiger partial charge in [-0.05, 0) is 46.1 Å². The number of hydrogen-bond acceptors (Lipinski definition) is 6. The van der Waals surface area contributed by atoms with Crippen LogP contribution in [-0.2, 0) is 11.3 Å². The van der Waals surface area contributed by atoms with Gasteiger partial charge in [-0.15, -0.1) is 10.2 Å². The molecule has 0 fully saturated rings. The van der Waals surface area contributed by atoms with E-state index >= 15 is 0 Å². The van der Waals surface area contributed by atoms with Crippen molar-refractivity contribution in [2.45, 2.75) is 30.8 Å². The quantitative estimate of drug-likeness (QED) is 0.400. The van der Waals surface area contributed by atoms with Crippen molar-refractivity contribution < 1.29 is 9.18 Å². The second kappa shape index (κ2) is 9.84. The predicted octanol–water partition coefficient (Wildman–Crippen LogP) is 3.63. The lowest BCUT2D eigenvalue weighted by Crippen LogP contribution is -2.35. The average Bonchev–Trinajstić information content (AvgIpc) is 3.07. The first kappa shape index (κ1) is 23.1. The van der Waals surface area contributed by atoms with Crippen molar-refractivity contribution >= 4 is 39.7 Å². The van der Waals surface area contributed by atoms with Crippen LogP contribution in [0.2, 0.25) is 0 Å². The zero-order valence-corrected chi connectivity index (χ0v) is 20.0. The lowest BCUT2D eigenvalue weighted by Gasteiger charge is -2.13. The van der Waals surface area contributed by atoms with Gasteiger partial charge in [0.15, 0.2) is 5.65 Å². The number of fused-ring (bicyclic) bond motifs is 3. The molecule has 0 aliphatic rings. The van der Waals surface area contributed by atoms with Crippen LogP contribution in [-0.4, -0.2) is 63.0 Å². The van der Waals surface area contributed by atoms with Gasteiger partial charge < -0.3 is 14.8 Å². The summed E-state index contributed by atoms with van der Waals surface area (Å²) in [6.45, 7) is 5.50. The summed E-state index contributed by atoms with van der Waals surface area (Å²) in [4.78, 5) is 19.2. The number of carbonyl (C=O) groups is 1. The number of nitrogens with one attached hydrogen (secondary N) is 1. The van der Waals surface area contributed by atoms with Gasteiger partial charge in [0.1, 0.15) is 11.3 Å². The van der Waals surface area contributed by atoms with Crippen LogP contribution in [0.3, 0.4) is 0 Å². The first-order valence-corrected chi connectivity index (χ1v) is 11.7. The summed E-state index contributed by atoms with van der Waals surface area (Å²) in [5.41, 5.74) is 3.86. The minimum atomic E-state index is -0.377. The van der Waals surface area contributed by atoms with Crippen LogP contribution < -0.4 is 5.32 Å². The molecule has 4 rings (SSSR count). The Labute approximate surface area is 196 Å². The Morgan fingerprint density at radius 3 is 2.76 bits per heavy atom. The highest BCUT2D eigenvalue weighted by Gasteiger charge is 2.20. The summed E-state index contributed by atoms with van der Waals surface area (Å²) in [7, 11) is 3.92. The third-order valence-electron chi connectivity index (χ3n) is 5.40. The topological polar surface area (TPSA) is 75.9 Å². The van der Waals surface area contributed by atoms with Gasteiger partial charge in [0, 0.05) is 24.0 Å². The van der Waals surface area contributed by atoms with Gasteiger partial charge in [-0.2, -0.15) is 0 Å². The summed E-state index contributed by atoms with van der Waals surface area (Å²) in [5, 5.41) is 12.6. The Bertz CT molecular complexity index is 1310. The maximum absolute atomic E-state index is 14.4. The van der Waals surface area contributed by atoms with Gasteiger partial charge in [-0.25, -0.2) is 9.37 Å². The SMILES string of the molecule is Cc1ccc2c(c1)c1nnc(SC(C)C(=O)NCCN(C)C)nc1n2Cc1ccccc1F. The Hall–Kier alpha value is -3.04. The molecule has 1 N–H and O–H groups in total. The van der Waals surface area contributed by atoms with Crippen molar-refractivity contribution in [3.8, 4) is 0 Å². The number of aromatic nitrogens is 4. The maximum atomic E-state index is 14.4. The second-order valence-electron chi connectivity index (χ2n) is 8.32. The summed E-state index contributed by atoms with van der Waals surface area (Å²) in [6.07, 6.45) is 0. The van der Waals surface area contributed by atoms with Crippen LogP contribution in [0.15, 0.2) is 47.6 Å². The number of thioether (sulfide) groups is 1. The van der Waals surface area contributed by atoms with Crippen LogP contribution in [0.25, 0.3) is 22.1 Å². The van der Waals surface area contributed by atoms with E-state index in [0.29, 0.717) is 35.0 Å². The average molecular weight is 467 g/mol.